The zero-order valence-corrected chi connectivity index (χ0v) is 30.6. The van der Waals surface area contributed by atoms with E-state index in [0.29, 0.717) is 0 Å². The molecule has 0 aliphatic rings. The lowest BCUT2D eigenvalue weighted by Crippen LogP contribution is -2.45. The third kappa shape index (κ3) is 5.86. The molecule has 5 aromatic carbocycles. The number of nitrogens with zero attached hydrogens (tertiary/aromatic N) is 2. The minimum atomic E-state index is -4.25. The van der Waals surface area contributed by atoms with Crippen molar-refractivity contribution in [3.8, 4) is 0 Å². The van der Waals surface area contributed by atoms with E-state index < -0.39 is 36.8 Å². The number of carbonyl (C=O) groups excluding carboxylic acids is 1. The van der Waals surface area contributed by atoms with E-state index in [1.807, 2.05) is 43.3 Å². The van der Waals surface area contributed by atoms with Crippen molar-refractivity contribution < 1.29 is 17.9 Å². The number of aromatic nitrogens is 1. The molecule has 0 fully saturated rings. The summed E-state index contributed by atoms with van der Waals surface area (Å²) in [6.45, 7) is 14.9. The normalized spacial score (nSPS) is 13.4. The highest BCUT2D eigenvalue weighted by Crippen LogP contribution is 2.46. The molecule has 0 bridgehead atoms. The summed E-state index contributed by atoms with van der Waals surface area (Å²) in [6.07, 6.45) is 2.17. The molecule has 0 amide bonds. The van der Waals surface area contributed by atoms with Gasteiger partial charge in [-0.1, -0.05) is 118 Å². The second-order valence-corrected chi connectivity index (χ2v) is 21.1. The molecular formula is C40H44N2O4SSi. The Kier molecular flexibility index (Phi) is 8.87. The number of aryl methyl sites for hydroxylation is 1. The van der Waals surface area contributed by atoms with Crippen LogP contribution in [0.3, 0.4) is 0 Å². The molecule has 8 heteroatoms. The van der Waals surface area contributed by atoms with Gasteiger partial charge in [-0.15, -0.1) is 0 Å². The molecule has 0 saturated heterocycles. The van der Waals surface area contributed by atoms with E-state index in [1.165, 1.54) is 4.31 Å². The number of hydrogen-bond donors (Lipinski definition) is 0. The molecule has 1 aromatic heterocycles. The second kappa shape index (κ2) is 12.7. The van der Waals surface area contributed by atoms with E-state index in [9.17, 15) is 4.79 Å². The number of fused-ring (bicyclic) bond motifs is 3. The van der Waals surface area contributed by atoms with E-state index >= 15 is 8.42 Å². The summed E-state index contributed by atoms with van der Waals surface area (Å²) in [4.78, 5) is 13.6. The average molecular weight is 677 g/mol. The lowest BCUT2D eigenvalue weighted by Gasteiger charge is -2.38. The van der Waals surface area contributed by atoms with Crippen molar-refractivity contribution in [1.82, 2.24) is 8.54 Å². The van der Waals surface area contributed by atoms with Gasteiger partial charge in [0.25, 0.3) is 0 Å². The highest BCUT2D eigenvalue weighted by Gasteiger charge is 2.42. The van der Waals surface area contributed by atoms with Gasteiger partial charge in [0.15, 0.2) is 8.24 Å². The molecule has 1 unspecified atom stereocenters. The molecular weight excluding hydrogens is 633 g/mol. The first-order chi connectivity index (χ1) is 22.8. The quantitative estimate of drug-likeness (QED) is 0.0869. The monoisotopic (exact) mass is 676 g/mol. The molecule has 6 nitrogen and oxygen atoms in total. The third-order valence-electron chi connectivity index (χ3n) is 10.1. The smallest absolute Gasteiger partial charge is 0.321 e. The number of benzene rings is 5. The van der Waals surface area contributed by atoms with Crippen LogP contribution in [0, 0.1) is 6.92 Å². The maximum absolute atomic E-state index is 15.1. The van der Waals surface area contributed by atoms with Gasteiger partial charge in [-0.25, -0.2) is 8.42 Å². The van der Waals surface area contributed by atoms with Gasteiger partial charge in [0.05, 0.1) is 17.5 Å². The Morgan fingerprint density at radius 2 is 1.38 bits per heavy atom. The van der Waals surface area contributed by atoms with Gasteiger partial charge in [0, 0.05) is 17.1 Å². The molecule has 248 valence electrons. The largest absolute Gasteiger partial charge is 0.465 e. The molecule has 6 aromatic rings. The zero-order chi connectivity index (χ0) is 34.4. The summed E-state index contributed by atoms with van der Waals surface area (Å²) in [6, 6.07) is 32.6. The van der Waals surface area contributed by atoms with E-state index in [2.05, 4.69) is 86.8 Å². The Morgan fingerprint density at radius 3 is 1.94 bits per heavy atom. The first-order valence-corrected chi connectivity index (χ1v) is 20.9. The van der Waals surface area contributed by atoms with Crippen molar-refractivity contribution in [3.63, 3.8) is 0 Å². The summed E-state index contributed by atoms with van der Waals surface area (Å²) in [7, 11) is -6.47. The van der Waals surface area contributed by atoms with Gasteiger partial charge in [0.1, 0.15) is 6.54 Å². The van der Waals surface area contributed by atoms with Crippen molar-refractivity contribution in [2.45, 2.75) is 63.7 Å². The van der Waals surface area contributed by atoms with Crippen LogP contribution in [-0.2, 0) is 19.6 Å². The summed E-state index contributed by atoms with van der Waals surface area (Å²) >= 11 is 0. The number of sulfonamides is 1. The van der Waals surface area contributed by atoms with Crippen molar-refractivity contribution >= 4 is 56.7 Å². The zero-order valence-electron chi connectivity index (χ0n) is 28.8. The van der Waals surface area contributed by atoms with Crippen molar-refractivity contribution in [2.75, 3.05) is 13.2 Å². The van der Waals surface area contributed by atoms with Crippen LogP contribution in [0.2, 0.25) is 18.1 Å². The fourth-order valence-electron chi connectivity index (χ4n) is 6.54. The number of carbonyl (C=O) groups is 1. The Labute approximate surface area is 285 Å². The van der Waals surface area contributed by atoms with Crippen LogP contribution in [0.5, 0.6) is 0 Å². The topological polar surface area (TPSA) is 68.6 Å². The number of ether oxygens (including phenoxy) is 1. The van der Waals surface area contributed by atoms with Gasteiger partial charge >= 0.3 is 5.97 Å². The van der Waals surface area contributed by atoms with Crippen molar-refractivity contribution in [2.24, 2.45) is 0 Å². The molecule has 0 N–H and O–H groups in total. The fourth-order valence-corrected chi connectivity index (χ4v) is 10.0. The maximum atomic E-state index is 15.1. The Morgan fingerprint density at radius 1 is 0.833 bits per heavy atom. The predicted molar refractivity (Wildman–Crippen MR) is 200 cm³/mol. The molecule has 0 spiro atoms. The fraction of sp³-hybridized carbons (Fsp3) is 0.275. The highest BCUT2D eigenvalue weighted by atomic mass is 32.2. The van der Waals surface area contributed by atoms with Crippen LogP contribution in [0.4, 0.5) is 0 Å². The summed E-state index contributed by atoms with van der Waals surface area (Å²) in [5.41, 5.74) is 3.66. The average Bonchev–Trinajstić information content (AvgIpc) is 3.44. The Balaban J connectivity index is 1.79. The van der Waals surface area contributed by atoms with Gasteiger partial charge in [-0.2, -0.15) is 4.31 Å². The van der Waals surface area contributed by atoms with Gasteiger partial charge in [-0.05, 0) is 75.8 Å². The molecule has 1 atom stereocenters. The Hall–Kier alpha value is -4.24. The minimum Gasteiger partial charge on any atom is -0.465 e. The van der Waals surface area contributed by atoms with Crippen LogP contribution < -0.4 is 0 Å². The molecule has 0 aliphatic carbocycles. The molecule has 48 heavy (non-hydrogen) atoms. The van der Waals surface area contributed by atoms with E-state index in [4.69, 9.17) is 4.74 Å². The molecule has 0 saturated carbocycles. The standard InChI is InChI=1S/C40H44N2O4SSi/c1-8-46-37(43)27-41(47(44,45)31-23-21-28(2)22-24-31)39(38-32-17-11-9-15-29(32)25-30-16-10-12-18-33(30)38)35-26-42(48(6,7)40(3,4)5)36-20-14-13-19-34(35)36/h9-26,39H,8,27H2,1-7H3. The molecule has 0 radical (unpaired) electrons. The summed E-state index contributed by atoms with van der Waals surface area (Å²) in [5.74, 6) is -0.601. The highest BCUT2D eigenvalue weighted by molar-refractivity contribution is 7.89. The number of esters is 1. The maximum Gasteiger partial charge on any atom is 0.321 e. The Bertz CT molecular complexity index is 2200. The lowest BCUT2D eigenvalue weighted by molar-refractivity contribution is -0.143. The number of para-hydroxylation sites is 1. The van der Waals surface area contributed by atoms with E-state index in [-0.39, 0.29) is 16.5 Å². The summed E-state index contributed by atoms with van der Waals surface area (Å²) < 4.78 is 39.4. The summed E-state index contributed by atoms with van der Waals surface area (Å²) in [5, 5.41) is 4.79. The molecule has 6 rings (SSSR count). The first kappa shape index (κ1) is 33.7. The molecule has 0 aliphatic heterocycles. The van der Waals surface area contributed by atoms with E-state index in [0.717, 1.165) is 49.1 Å². The van der Waals surface area contributed by atoms with Gasteiger partial charge in [-0.3, -0.25) is 4.79 Å². The predicted octanol–water partition coefficient (Wildman–Crippen LogP) is 9.45. The lowest BCUT2D eigenvalue weighted by atomic mass is 9.88. The number of rotatable bonds is 9. The van der Waals surface area contributed by atoms with E-state index in [1.54, 1.807) is 31.2 Å². The van der Waals surface area contributed by atoms with Crippen LogP contribution in [0.25, 0.3) is 32.4 Å². The van der Waals surface area contributed by atoms with Crippen LogP contribution >= 0.6 is 0 Å². The van der Waals surface area contributed by atoms with Crippen LogP contribution in [0.15, 0.2) is 114 Å². The second-order valence-electron chi connectivity index (χ2n) is 14.1. The third-order valence-corrected chi connectivity index (χ3v) is 17.1. The van der Waals surface area contributed by atoms with Gasteiger partial charge in [0.2, 0.25) is 10.0 Å². The van der Waals surface area contributed by atoms with Crippen molar-refractivity contribution in [1.29, 1.82) is 0 Å². The van der Waals surface area contributed by atoms with Gasteiger partial charge < -0.3 is 8.97 Å². The van der Waals surface area contributed by atoms with Crippen LogP contribution in [0.1, 0.15) is 50.4 Å². The SMILES string of the molecule is CCOC(=O)CN(C(c1c2ccccc2cc2ccccc12)c1cn([Si](C)(C)C(C)(C)C)c2ccccc12)S(=O)(=O)c1ccc(C)cc1. The minimum absolute atomic E-state index is 0.00765. The molecule has 1 heterocycles. The number of hydrogen-bond acceptors (Lipinski definition) is 4. The van der Waals surface area contributed by atoms with Crippen LogP contribution in [-0.4, -0.2) is 44.3 Å². The first-order valence-electron chi connectivity index (χ1n) is 16.5. The van der Waals surface area contributed by atoms with Crippen molar-refractivity contribution in [3.05, 3.63) is 126 Å².